The molecule has 0 spiro atoms. The Hall–Kier alpha value is -3.03. The van der Waals surface area contributed by atoms with Crippen molar-refractivity contribution in [2.45, 2.75) is 32.4 Å². The van der Waals surface area contributed by atoms with Gasteiger partial charge in [-0.15, -0.1) is 0 Å². The molecule has 28 heavy (non-hydrogen) atoms. The van der Waals surface area contributed by atoms with Crippen LogP contribution >= 0.6 is 0 Å². The number of benzene rings is 1. The van der Waals surface area contributed by atoms with Crippen molar-refractivity contribution >= 4 is 17.9 Å². The summed E-state index contributed by atoms with van der Waals surface area (Å²) >= 11 is 0. The summed E-state index contributed by atoms with van der Waals surface area (Å²) < 4.78 is 10.4. The van der Waals surface area contributed by atoms with Crippen molar-refractivity contribution in [1.82, 2.24) is 14.9 Å². The van der Waals surface area contributed by atoms with Crippen LogP contribution in [0.5, 0.6) is 5.75 Å². The molecule has 2 aromatic rings. The van der Waals surface area contributed by atoms with Gasteiger partial charge in [0, 0.05) is 37.4 Å². The molecule has 1 amide bonds. The minimum atomic E-state index is -0.236. The molecule has 0 aliphatic carbocycles. The molecule has 150 valence electrons. The standard InChI is InChI=1S/C20H27N5O3/c1-3-28-20(26)25-12-9-16(10-13-25)23-19-21-11-8-18(24-19)22-14-15-6-4-5-7-17(15)27-2/h4-8,11,16H,3,9-10,12-14H2,1-2H3,(H2,21,22,23,24). The van der Waals surface area contributed by atoms with Crippen LogP contribution in [0.3, 0.4) is 0 Å². The molecule has 0 bridgehead atoms. The predicted octanol–water partition coefficient (Wildman–Crippen LogP) is 3.13. The van der Waals surface area contributed by atoms with Crippen LogP contribution < -0.4 is 15.4 Å². The van der Waals surface area contributed by atoms with E-state index in [1.165, 1.54) is 0 Å². The summed E-state index contributed by atoms with van der Waals surface area (Å²) in [6.45, 7) is 4.17. The van der Waals surface area contributed by atoms with Crippen molar-refractivity contribution in [3.05, 3.63) is 42.1 Å². The Balaban J connectivity index is 1.52. The highest BCUT2D eigenvalue weighted by molar-refractivity contribution is 5.67. The number of carbonyl (C=O) groups is 1. The maximum Gasteiger partial charge on any atom is 0.409 e. The molecule has 0 saturated carbocycles. The lowest BCUT2D eigenvalue weighted by Gasteiger charge is -2.31. The van der Waals surface area contributed by atoms with Gasteiger partial charge in [-0.05, 0) is 31.9 Å². The highest BCUT2D eigenvalue weighted by atomic mass is 16.6. The van der Waals surface area contributed by atoms with Gasteiger partial charge in [-0.1, -0.05) is 18.2 Å². The fourth-order valence-corrected chi connectivity index (χ4v) is 3.17. The average molecular weight is 385 g/mol. The molecular formula is C20H27N5O3. The SMILES string of the molecule is CCOC(=O)N1CCC(Nc2nccc(NCc3ccccc3OC)n2)CC1. The van der Waals surface area contributed by atoms with Crippen molar-refractivity contribution in [2.24, 2.45) is 0 Å². The number of anilines is 2. The molecule has 0 unspecified atom stereocenters. The summed E-state index contributed by atoms with van der Waals surface area (Å²) in [5, 5.41) is 6.68. The van der Waals surface area contributed by atoms with Crippen LogP contribution in [-0.4, -0.2) is 53.8 Å². The van der Waals surface area contributed by atoms with Gasteiger partial charge >= 0.3 is 6.09 Å². The van der Waals surface area contributed by atoms with Crippen LogP contribution in [0, 0.1) is 0 Å². The maximum absolute atomic E-state index is 11.8. The summed E-state index contributed by atoms with van der Waals surface area (Å²) in [5.41, 5.74) is 1.06. The zero-order valence-electron chi connectivity index (χ0n) is 16.4. The Morgan fingerprint density at radius 3 is 2.79 bits per heavy atom. The monoisotopic (exact) mass is 385 g/mol. The van der Waals surface area contributed by atoms with Crippen LogP contribution in [0.1, 0.15) is 25.3 Å². The summed E-state index contributed by atoms with van der Waals surface area (Å²) in [5.74, 6) is 2.17. The third-order valence-electron chi connectivity index (χ3n) is 4.66. The first-order chi connectivity index (χ1) is 13.7. The Morgan fingerprint density at radius 2 is 2.04 bits per heavy atom. The molecule has 1 saturated heterocycles. The molecule has 1 aliphatic rings. The third-order valence-corrected chi connectivity index (χ3v) is 4.66. The van der Waals surface area contributed by atoms with Crippen molar-refractivity contribution in [3.63, 3.8) is 0 Å². The number of amides is 1. The van der Waals surface area contributed by atoms with E-state index in [4.69, 9.17) is 9.47 Å². The maximum atomic E-state index is 11.8. The van der Waals surface area contributed by atoms with Gasteiger partial charge in [0.25, 0.3) is 0 Å². The van der Waals surface area contributed by atoms with E-state index in [2.05, 4.69) is 20.6 Å². The van der Waals surface area contributed by atoms with E-state index in [0.717, 1.165) is 30.0 Å². The second-order valence-electron chi connectivity index (χ2n) is 6.54. The summed E-state index contributed by atoms with van der Waals surface area (Å²) in [4.78, 5) is 22.4. The number of aromatic nitrogens is 2. The van der Waals surface area contributed by atoms with E-state index in [0.29, 0.717) is 32.2 Å². The second kappa shape index (κ2) is 9.77. The van der Waals surface area contributed by atoms with Gasteiger partial charge in [0.1, 0.15) is 11.6 Å². The Kier molecular flexibility index (Phi) is 6.89. The Bertz CT molecular complexity index is 778. The Labute approximate surface area is 165 Å². The zero-order chi connectivity index (χ0) is 19.8. The Morgan fingerprint density at radius 1 is 1.25 bits per heavy atom. The summed E-state index contributed by atoms with van der Waals surface area (Å²) in [6, 6.07) is 9.95. The molecule has 1 fully saturated rings. The topological polar surface area (TPSA) is 88.6 Å². The fraction of sp³-hybridized carbons (Fsp3) is 0.450. The molecule has 1 aromatic carbocycles. The number of nitrogens with one attached hydrogen (secondary N) is 2. The minimum absolute atomic E-state index is 0.232. The van der Waals surface area contributed by atoms with Crippen molar-refractivity contribution in [3.8, 4) is 5.75 Å². The normalized spacial score (nSPS) is 14.4. The van der Waals surface area contributed by atoms with Crippen LogP contribution in [0.25, 0.3) is 0 Å². The van der Waals surface area contributed by atoms with Gasteiger partial charge in [-0.25, -0.2) is 9.78 Å². The van der Waals surface area contributed by atoms with Crippen molar-refractivity contribution in [2.75, 3.05) is 37.4 Å². The van der Waals surface area contributed by atoms with E-state index >= 15 is 0 Å². The van der Waals surface area contributed by atoms with Crippen molar-refractivity contribution < 1.29 is 14.3 Å². The number of piperidine rings is 1. The number of likely N-dealkylation sites (tertiary alicyclic amines) is 1. The molecule has 2 N–H and O–H groups in total. The van der Waals surface area contributed by atoms with E-state index < -0.39 is 0 Å². The first kappa shape index (κ1) is 19.7. The number of ether oxygens (including phenoxy) is 2. The van der Waals surface area contributed by atoms with Crippen LogP contribution in [0.4, 0.5) is 16.6 Å². The smallest absolute Gasteiger partial charge is 0.409 e. The quantitative estimate of drug-likeness (QED) is 0.757. The molecular weight excluding hydrogens is 358 g/mol. The minimum Gasteiger partial charge on any atom is -0.496 e. The van der Waals surface area contributed by atoms with Crippen molar-refractivity contribution in [1.29, 1.82) is 0 Å². The molecule has 1 aromatic heterocycles. The predicted molar refractivity (Wildman–Crippen MR) is 108 cm³/mol. The largest absolute Gasteiger partial charge is 0.496 e. The molecule has 0 radical (unpaired) electrons. The number of hydrogen-bond donors (Lipinski definition) is 2. The highest BCUT2D eigenvalue weighted by Gasteiger charge is 2.23. The van der Waals surface area contributed by atoms with Crippen LogP contribution in [0.15, 0.2) is 36.5 Å². The first-order valence-corrected chi connectivity index (χ1v) is 9.56. The fourth-order valence-electron chi connectivity index (χ4n) is 3.17. The molecule has 8 nitrogen and oxygen atoms in total. The lowest BCUT2D eigenvalue weighted by atomic mass is 10.1. The van der Waals surface area contributed by atoms with E-state index in [9.17, 15) is 4.79 Å². The number of hydrogen-bond acceptors (Lipinski definition) is 7. The van der Waals surface area contributed by atoms with Gasteiger partial charge in [0.05, 0.1) is 13.7 Å². The van der Waals surface area contributed by atoms with Gasteiger partial charge in [-0.3, -0.25) is 0 Å². The lowest BCUT2D eigenvalue weighted by Crippen LogP contribution is -2.42. The number of rotatable bonds is 7. The first-order valence-electron chi connectivity index (χ1n) is 9.56. The second-order valence-corrected chi connectivity index (χ2v) is 6.54. The van der Waals surface area contributed by atoms with E-state index in [1.807, 2.05) is 37.3 Å². The third kappa shape index (κ3) is 5.25. The zero-order valence-corrected chi connectivity index (χ0v) is 16.4. The number of nitrogens with zero attached hydrogens (tertiary/aromatic N) is 3. The summed E-state index contributed by atoms with van der Waals surface area (Å²) in [7, 11) is 1.67. The van der Waals surface area contributed by atoms with Crippen LogP contribution in [-0.2, 0) is 11.3 Å². The highest BCUT2D eigenvalue weighted by Crippen LogP contribution is 2.19. The van der Waals surface area contributed by atoms with Gasteiger partial charge in [0.2, 0.25) is 5.95 Å². The van der Waals surface area contributed by atoms with Gasteiger partial charge in [0.15, 0.2) is 0 Å². The molecule has 2 heterocycles. The lowest BCUT2D eigenvalue weighted by molar-refractivity contribution is 0.0983. The summed E-state index contributed by atoms with van der Waals surface area (Å²) in [6.07, 6.45) is 3.16. The molecule has 0 atom stereocenters. The number of carbonyl (C=O) groups excluding carboxylic acids is 1. The number of para-hydroxylation sites is 1. The number of methoxy groups -OCH3 is 1. The average Bonchev–Trinajstić information content (AvgIpc) is 2.73. The van der Waals surface area contributed by atoms with Crippen LogP contribution in [0.2, 0.25) is 0 Å². The molecule has 1 aliphatic heterocycles. The van der Waals surface area contributed by atoms with E-state index in [-0.39, 0.29) is 12.1 Å². The molecule has 3 rings (SSSR count). The molecule has 8 heteroatoms. The van der Waals surface area contributed by atoms with E-state index in [1.54, 1.807) is 18.2 Å². The van der Waals surface area contributed by atoms with Gasteiger partial charge < -0.3 is 25.0 Å². The van der Waals surface area contributed by atoms with Gasteiger partial charge in [-0.2, -0.15) is 4.98 Å².